The predicted molar refractivity (Wildman–Crippen MR) is 86.2 cm³/mol. The number of nitrogens with one attached hydrogen (secondary N) is 1. The van der Waals surface area contributed by atoms with Gasteiger partial charge in [-0.25, -0.2) is 0 Å². The van der Waals surface area contributed by atoms with Crippen LogP contribution in [-0.4, -0.2) is 12.2 Å². The maximum Gasteiger partial charge on any atom is 0.242 e. The molecule has 0 spiro atoms. The number of aryl methyl sites for hydroxylation is 2. The molecule has 0 aliphatic carbocycles. The Hall–Kier alpha value is -1.74. The summed E-state index contributed by atoms with van der Waals surface area (Å²) in [5, 5.41) is 2.96. The monoisotopic (exact) mass is 283 g/mol. The van der Waals surface area contributed by atoms with E-state index in [0.29, 0.717) is 0 Å². The van der Waals surface area contributed by atoms with Crippen LogP contribution in [0.25, 0.3) is 11.1 Å². The van der Waals surface area contributed by atoms with Crippen LogP contribution in [0.15, 0.2) is 36.4 Å². The molecule has 1 amide bonds. The van der Waals surface area contributed by atoms with Gasteiger partial charge in [0, 0.05) is 5.56 Å². The van der Waals surface area contributed by atoms with Gasteiger partial charge in [-0.05, 0) is 36.8 Å². The normalized spacial score (nSPS) is 16.9. The summed E-state index contributed by atoms with van der Waals surface area (Å²) in [6, 6.07) is 12.6. The van der Waals surface area contributed by atoms with Gasteiger partial charge in [0.1, 0.15) is 5.25 Å². The molecule has 3 heteroatoms. The number of thioether (sulfide) groups is 1. The molecule has 0 fully saturated rings. The van der Waals surface area contributed by atoms with Crippen molar-refractivity contribution in [2.45, 2.75) is 19.1 Å². The van der Waals surface area contributed by atoms with E-state index in [1.165, 1.54) is 16.7 Å². The van der Waals surface area contributed by atoms with Crippen molar-refractivity contribution in [3.8, 4) is 11.1 Å². The fraction of sp³-hybridized carbons (Fsp3) is 0.235. The smallest absolute Gasteiger partial charge is 0.242 e. The van der Waals surface area contributed by atoms with Crippen LogP contribution in [0.4, 0.5) is 5.69 Å². The molecule has 0 saturated carbocycles. The molecule has 0 saturated heterocycles. The molecule has 0 radical (unpaired) electrons. The van der Waals surface area contributed by atoms with Crippen molar-refractivity contribution in [3.63, 3.8) is 0 Å². The zero-order valence-electron chi connectivity index (χ0n) is 11.9. The standard InChI is InChI=1S/C17H17NOS/c1-10-7-8-11(2)14(9-10)12-5-4-6-13-15(12)18-17(19)16(13)20-3/h4-9,16H,1-3H3,(H,18,19). The van der Waals surface area contributed by atoms with E-state index < -0.39 is 0 Å². The highest BCUT2D eigenvalue weighted by Gasteiger charge is 2.31. The topological polar surface area (TPSA) is 29.1 Å². The van der Waals surface area contributed by atoms with Gasteiger partial charge in [-0.1, -0.05) is 42.0 Å². The lowest BCUT2D eigenvalue weighted by Gasteiger charge is -2.12. The Labute approximate surface area is 123 Å². The average Bonchev–Trinajstić information content (AvgIpc) is 2.76. The fourth-order valence-electron chi connectivity index (χ4n) is 2.74. The SMILES string of the molecule is CSC1C(=O)Nc2c(-c3cc(C)ccc3C)cccc21. The second-order valence-corrected chi connectivity index (χ2v) is 6.14. The van der Waals surface area contributed by atoms with E-state index in [4.69, 9.17) is 0 Å². The molecule has 3 rings (SSSR count). The van der Waals surface area contributed by atoms with Crippen LogP contribution >= 0.6 is 11.8 Å². The molecule has 1 aliphatic rings. The Morgan fingerprint density at radius 1 is 1.10 bits per heavy atom. The summed E-state index contributed by atoms with van der Waals surface area (Å²) in [5.74, 6) is 0.0882. The van der Waals surface area contributed by atoms with E-state index in [9.17, 15) is 4.79 Å². The summed E-state index contributed by atoms with van der Waals surface area (Å²) in [6.45, 7) is 4.20. The highest BCUT2D eigenvalue weighted by Crippen LogP contribution is 2.44. The largest absolute Gasteiger partial charge is 0.324 e. The molecule has 1 N–H and O–H groups in total. The number of hydrogen-bond donors (Lipinski definition) is 1. The van der Waals surface area contributed by atoms with E-state index in [-0.39, 0.29) is 11.2 Å². The zero-order chi connectivity index (χ0) is 14.3. The molecule has 20 heavy (non-hydrogen) atoms. The first-order valence-corrected chi connectivity index (χ1v) is 7.95. The molecule has 2 aromatic rings. The lowest BCUT2D eigenvalue weighted by molar-refractivity contribution is -0.115. The third-order valence-corrected chi connectivity index (χ3v) is 4.72. The summed E-state index contributed by atoms with van der Waals surface area (Å²) in [5.41, 5.74) is 6.85. The van der Waals surface area contributed by atoms with Crippen LogP contribution in [0.1, 0.15) is 21.9 Å². The summed E-state index contributed by atoms with van der Waals surface area (Å²) in [7, 11) is 0. The first kappa shape index (κ1) is 13.3. The first-order valence-electron chi connectivity index (χ1n) is 6.66. The number of rotatable bonds is 2. The molecule has 2 aromatic carbocycles. The second kappa shape index (κ2) is 4.98. The maximum absolute atomic E-state index is 12.1. The third kappa shape index (κ3) is 2.02. The van der Waals surface area contributed by atoms with Crippen molar-refractivity contribution in [2.75, 3.05) is 11.6 Å². The molecule has 0 bridgehead atoms. The Morgan fingerprint density at radius 3 is 2.65 bits per heavy atom. The average molecular weight is 283 g/mol. The maximum atomic E-state index is 12.1. The minimum atomic E-state index is -0.0879. The van der Waals surface area contributed by atoms with E-state index in [0.717, 1.165) is 16.8 Å². The van der Waals surface area contributed by atoms with Gasteiger partial charge in [-0.3, -0.25) is 4.79 Å². The summed E-state index contributed by atoms with van der Waals surface area (Å²) in [4.78, 5) is 12.1. The van der Waals surface area contributed by atoms with Crippen LogP contribution in [-0.2, 0) is 4.79 Å². The van der Waals surface area contributed by atoms with Crippen molar-refractivity contribution in [1.82, 2.24) is 0 Å². The number of hydrogen-bond acceptors (Lipinski definition) is 2. The molecular weight excluding hydrogens is 266 g/mol. The van der Waals surface area contributed by atoms with Crippen LogP contribution in [0.3, 0.4) is 0 Å². The molecule has 0 aromatic heterocycles. The highest BCUT2D eigenvalue weighted by molar-refractivity contribution is 7.99. The number of carbonyl (C=O) groups is 1. The molecule has 2 nitrogen and oxygen atoms in total. The first-order chi connectivity index (χ1) is 9.61. The minimum absolute atomic E-state index is 0.0879. The van der Waals surface area contributed by atoms with E-state index in [2.05, 4.69) is 43.4 Å². The quantitative estimate of drug-likeness (QED) is 0.889. The van der Waals surface area contributed by atoms with Gasteiger partial charge in [-0.2, -0.15) is 0 Å². The van der Waals surface area contributed by atoms with Crippen molar-refractivity contribution in [3.05, 3.63) is 53.1 Å². The number of carbonyl (C=O) groups excluding carboxylic acids is 1. The van der Waals surface area contributed by atoms with Crippen molar-refractivity contribution in [2.24, 2.45) is 0 Å². The predicted octanol–water partition coefficient (Wildman–Crippen LogP) is 4.33. The van der Waals surface area contributed by atoms with Crippen LogP contribution in [0, 0.1) is 13.8 Å². The van der Waals surface area contributed by atoms with Crippen LogP contribution < -0.4 is 5.32 Å². The van der Waals surface area contributed by atoms with Crippen LogP contribution in [0.2, 0.25) is 0 Å². The van der Waals surface area contributed by atoms with Crippen LogP contribution in [0.5, 0.6) is 0 Å². The van der Waals surface area contributed by atoms with Gasteiger partial charge in [0.15, 0.2) is 0 Å². The lowest BCUT2D eigenvalue weighted by atomic mass is 9.95. The fourth-order valence-corrected chi connectivity index (χ4v) is 3.47. The van der Waals surface area contributed by atoms with Crippen molar-refractivity contribution < 1.29 is 4.79 Å². The van der Waals surface area contributed by atoms with Gasteiger partial charge in [-0.15, -0.1) is 11.8 Å². The summed E-state index contributed by atoms with van der Waals surface area (Å²) >= 11 is 1.58. The molecular formula is C17H17NOS. The number of para-hydroxylation sites is 1. The molecule has 1 unspecified atom stereocenters. The van der Waals surface area contributed by atoms with Gasteiger partial charge < -0.3 is 5.32 Å². The minimum Gasteiger partial charge on any atom is -0.324 e. The van der Waals surface area contributed by atoms with Gasteiger partial charge >= 0.3 is 0 Å². The van der Waals surface area contributed by atoms with Crippen molar-refractivity contribution >= 4 is 23.4 Å². The van der Waals surface area contributed by atoms with Crippen molar-refractivity contribution in [1.29, 1.82) is 0 Å². The number of amides is 1. The number of benzene rings is 2. The highest BCUT2D eigenvalue weighted by atomic mass is 32.2. The van der Waals surface area contributed by atoms with Gasteiger partial charge in [0.05, 0.1) is 5.69 Å². The number of anilines is 1. The van der Waals surface area contributed by atoms with Gasteiger partial charge in [0.25, 0.3) is 0 Å². The van der Waals surface area contributed by atoms with E-state index in [1.54, 1.807) is 11.8 Å². The Bertz CT molecular complexity index is 693. The molecule has 1 heterocycles. The Kier molecular flexibility index (Phi) is 3.30. The second-order valence-electron chi connectivity index (χ2n) is 5.19. The van der Waals surface area contributed by atoms with Gasteiger partial charge in [0.2, 0.25) is 5.91 Å². The molecule has 1 atom stereocenters. The Morgan fingerprint density at radius 2 is 1.90 bits per heavy atom. The third-order valence-electron chi connectivity index (χ3n) is 3.78. The molecule has 102 valence electrons. The summed E-state index contributed by atoms with van der Waals surface area (Å²) < 4.78 is 0. The molecule has 1 aliphatic heterocycles. The Balaban J connectivity index is 2.20. The number of fused-ring (bicyclic) bond motifs is 1. The zero-order valence-corrected chi connectivity index (χ0v) is 12.7. The lowest BCUT2D eigenvalue weighted by Crippen LogP contribution is -2.08. The summed E-state index contributed by atoms with van der Waals surface area (Å²) in [6.07, 6.45) is 1.98. The van der Waals surface area contributed by atoms with E-state index >= 15 is 0 Å². The van der Waals surface area contributed by atoms with E-state index in [1.807, 2.05) is 18.4 Å².